The molecule has 3 rings (SSSR count). The number of rotatable bonds is 6. The van der Waals surface area contributed by atoms with Gasteiger partial charge in [0.1, 0.15) is 12.4 Å². The van der Waals surface area contributed by atoms with E-state index in [2.05, 4.69) is 6.07 Å². The van der Waals surface area contributed by atoms with Crippen LogP contribution in [0.3, 0.4) is 0 Å². The molecule has 5 nitrogen and oxygen atoms in total. The summed E-state index contributed by atoms with van der Waals surface area (Å²) in [5, 5.41) is 8.81. The van der Waals surface area contributed by atoms with Gasteiger partial charge >= 0.3 is 0 Å². The number of hydrogen-bond donors (Lipinski definition) is 0. The summed E-state index contributed by atoms with van der Waals surface area (Å²) < 4.78 is 32.3. The average molecular weight is 378 g/mol. The van der Waals surface area contributed by atoms with Gasteiger partial charge in [0.2, 0.25) is 0 Å². The zero-order valence-corrected chi connectivity index (χ0v) is 15.6. The van der Waals surface area contributed by atoms with Gasteiger partial charge < -0.3 is 4.74 Å². The lowest BCUT2D eigenvalue weighted by Gasteiger charge is -2.19. The van der Waals surface area contributed by atoms with Gasteiger partial charge in [-0.2, -0.15) is 5.26 Å². The second kappa shape index (κ2) is 7.94. The highest BCUT2D eigenvalue weighted by Crippen LogP contribution is 2.24. The Morgan fingerprint density at radius 2 is 1.56 bits per heavy atom. The van der Waals surface area contributed by atoms with Crippen molar-refractivity contribution in [3.05, 3.63) is 90.0 Å². The number of benzene rings is 3. The molecule has 0 aliphatic rings. The number of nitrogens with zero attached hydrogens (tertiary/aromatic N) is 2. The van der Waals surface area contributed by atoms with Crippen LogP contribution in [0.4, 0.5) is 5.69 Å². The molecule has 0 radical (unpaired) electrons. The van der Waals surface area contributed by atoms with E-state index in [-0.39, 0.29) is 4.90 Å². The molecule has 27 heavy (non-hydrogen) atoms. The van der Waals surface area contributed by atoms with Gasteiger partial charge in [-0.05, 0) is 54.1 Å². The number of hydrogen-bond acceptors (Lipinski definition) is 4. The molecule has 6 heteroatoms. The van der Waals surface area contributed by atoms with Crippen LogP contribution in [0, 0.1) is 11.3 Å². The summed E-state index contributed by atoms with van der Waals surface area (Å²) in [5.41, 5.74) is 2.09. The predicted molar refractivity (Wildman–Crippen MR) is 104 cm³/mol. The third-order valence-electron chi connectivity index (χ3n) is 4.09. The zero-order chi connectivity index (χ0) is 19.3. The van der Waals surface area contributed by atoms with Gasteiger partial charge in [-0.15, -0.1) is 0 Å². The minimum atomic E-state index is -3.60. The molecule has 0 unspecified atom stereocenters. The van der Waals surface area contributed by atoms with Crippen molar-refractivity contribution < 1.29 is 13.2 Å². The molecule has 0 aromatic heterocycles. The summed E-state index contributed by atoms with van der Waals surface area (Å²) in [6.45, 7) is 0.364. The van der Waals surface area contributed by atoms with Crippen molar-refractivity contribution in [3.8, 4) is 11.8 Å². The van der Waals surface area contributed by atoms with Gasteiger partial charge in [-0.1, -0.05) is 30.3 Å². The number of nitriles is 1. The smallest absolute Gasteiger partial charge is 0.264 e. The van der Waals surface area contributed by atoms with Gasteiger partial charge in [0.15, 0.2) is 0 Å². The van der Waals surface area contributed by atoms with E-state index >= 15 is 0 Å². The Morgan fingerprint density at radius 1 is 0.926 bits per heavy atom. The molecule has 0 aliphatic carbocycles. The number of anilines is 1. The van der Waals surface area contributed by atoms with Crippen LogP contribution in [0.5, 0.6) is 5.75 Å². The van der Waals surface area contributed by atoms with E-state index in [0.29, 0.717) is 23.6 Å². The first-order valence-electron chi connectivity index (χ1n) is 8.26. The summed E-state index contributed by atoms with van der Waals surface area (Å²) in [6.07, 6.45) is 0. The van der Waals surface area contributed by atoms with Crippen molar-refractivity contribution in [2.45, 2.75) is 11.5 Å². The van der Waals surface area contributed by atoms with Crippen LogP contribution in [0.1, 0.15) is 11.1 Å². The Hall–Kier alpha value is -3.30. The standard InChI is InChI=1S/C21H18N2O3S/c1-23(27(24,25)21-5-3-2-4-6-21)19-11-13-20(14-12-19)26-16-18-9-7-17(15-22)8-10-18/h2-14H,16H2,1H3. The van der Waals surface area contributed by atoms with Crippen molar-refractivity contribution >= 4 is 15.7 Å². The molecule has 136 valence electrons. The molecule has 0 saturated heterocycles. The first-order chi connectivity index (χ1) is 13.0. The molecule has 0 amide bonds. The van der Waals surface area contributed by atoms with E-state index in [1.807, 2.05) is 12.1 Å². The third-order valence-corrected chi connectivity index (χ3v) is 5.89. The highest BCUT2D eigenvalue weighted by molar-refractivity contribution is 7.92. The van der Waals surface area contributed by atoms with E-state index in [1.54, 1.807) is 66.7 Å². The fraction of sp³-hybridized carbons (Fsp3) is 0.0952. The van der Waals surface area contributed by atoms with E-state index in [4.69, 9.17) is 10.00 Å². The van der Waals surface area contributed by atoms with Crippen LogP contribution < -0.4 is 9.04 Å². The Labute approximate surface area is 159 Å². The molecule has 0 spiro atoms. The van der Waals surface area contributed by atoms with E-state index in [9.17, 15) is 8.42 Å². The molecule has 0 N–H and O–H groups in total. The fourth-order valence-corrected chi connectivity index (χ4v) is 3.70. The minimum absolute atomic E-state index is 0.244. The quantitative estimate of drug-likeness (QED) is 0.651. The normalized spacial score (nSPS) is 10.8. The van der Waals surface area contributed by atoms with Crippen LogP contribution in [-0.4, -0.2) is 15.5 Å². The minimum Gasteiger partial charge on any atom is -0.489 e. The number of ether oxygens (including phenoxy) is 1. The highest BCUT2D eigenvalue weighted by atomic mass is 32.2. The largest absolute Gasteiger partial charge is 0.489 e. The van der Waals surface area contributed by atoms with Crippen molar-refractivity contribution in [1.82, 2.24) is 0 Å². The molecule has 0 fully saturated rings. The molecular weight excluding hydrogens is 360 g/mol. The Morgan fingerprint density at radius 3 is 2.15 bits per heavy atom. The molecule has 0 atom stereocenters. The Bertz CT molecular complexity index is 1040. The first-order valence-corrected chi connectivity index (χ1v) is 9.70. The maximum Gasteiger partial charge on any atom is 0.264 e. The maximum atomic E-state index is 12.7. The molecule has 0 bridgehead atoms. The Kier molecular flexibility index (Phi) is 5.43. The zero-order valence-electron chi connectivity index (χ0n) is 14.7. The lowest BCUT2D eigenvalue weighted by Crippen LogP contribution is -2.26. The topological polar surface area (TPSA) is 70.4 Å². The van der Waals surface area contributed by atoms with Gasteiger partial charge in [0.25, 0.3) is 10.0 Å². The van der Waals surface area contributed by atoms with Crippen molar-refractivity contribution in [2.24, 2.45) is 0 Å². The maximum absolute atomic E-state index is 12.7. The van der Waals surface area contributed by atoms with E-state index < -0.39 is 10.0 Å². The first kappa shape index (κ1) is 18.5. The summed E-state index contributed by atoms with van der Waals surface area (Å²) in [7, 11) is -2.08. The molecule has 3 aromatic carbocycles. The highest BCUT2D eigenvalue weighted by Gasteiger charge is 2.20. The van der Waals surface area contributed by atoms with Gasteiger partial charge in [0.05, 0.1) is 22.2 Å². The molecule has 0 heterocycles. The van der Waals surface area contributed by atoms with Crippen LogP contribution in [0.25, 0.3) is 0 Å². The summed E-state index contributed by atoms with van der Waals surface area (Å²) in [5.74, 6) is 0.633. The second-order valence-electron chi connectivity index (χ2n) is 5.88. The summed E-state index contributed by atoms with van der Waals surface area (Å²) >= 11 is 0. The molecule has 0 aliphatic heterocycles. The second-order valence-corrected chi connectivity index (χ2v) is 7.85. The van der Waals surface area contributed by atoms with Crippen molar-refractivity contribution in [1.29, 1.82) is 5.26 Å². The molecule has 0 saturated carbocycles. The number of sulfonamides is 1. The van der Waals surface area contributed by atoms with E-state index in [1.165, 1.54) is 11.4 Å². The molecule has 3 aromatic rings. The van der Waals surface area contributed by atoms with Crippen LogP contribution >= 0.6 is 0 Å². The lowest BCUT2D eigenvalue weighted by molar-refractivity contribution is 0.306. The van der Waals surface area contributed by atoms with Crippen molar-refractivity contribution in [3.63, 3.8) is 0 Å². The summed E-state index contributed by atoms with van der Waals surface area (Å²) in [6, 6.07) is 24.4. The third kappa shape index (κ3) is 4.27. The Balaban J connectivity index is 1.68. The van der Waals surface area contributed by atoms with Gasteiger partial charge in [0, 0.05) is 7.05 Å². The van der Waals surface area contributed by atoms with Crippen LogP contribution in [0.15, 0.2) is 83.8 Å². The molecular formula is C21H18N2O3S. The summed E-state index contributed by atoms with van der Waals surface area (Å²) in [4.78, 5) is 0.244. The van der Waals surface area contributed by atoms with Crippen LogP contribution in [-0.2, 0) is 16.6 Å². The van der Waals surface area contributed by atoms with Gasteiger partial charge in [-0.3, -0.25) is 4.31 Å². The lowest BCUT2D eigenvalue weighted by atomic mass is 10.2. The van der Waals surface area contributed by atoms with Crippen molar-refractivity contribution in [2.75, 3.05) is 11.4 Å². The van der Waals surface area contributed by atoms with E-state index in [0.717, 1.165) is 5.56 Å². The SMILES string of the molecule is CN(c1ccc(OCc2ccc(C#N)cc2)cc1)S(=O)(=O)c1ccccc1. The van der Waals surface area contributed by atoms with Gasteiger partial charge in [-0.25, -0.2) is 8.42 Å². The average Bonchev–Trinajstić information content (AvgIpc) is 2.73. The predicted octanol–water partition coefficient (Wildman–Crippen LogP) is 3.96. The van der Waals surface area contributed by atoms with Crippen LogP contribution in [0.2, 0.25) is 0 Å². The fourth-order valence-electron chi connectivity index (χ4n) is 2.48. The monoisotopic (exact) mass is 378 g/mol.